The lowest BCUT2D eigenvalue weighted by atomic mass is 10.0. The van der Waals surface area contributed by atoms with Crippen molar-refractivity contribution in [3.63, 3.8) is 0 Å². The first-order valence-corrected chi connectivity index (χ1v) is 7.81. The third-order valence-corrected chi connectivity index (χ3v) is 4.46. The van der Waals surface area contributed by atoms with Gasteiger partial charge in [-0.15, -0.1) is 24.8 Å². The number of halogens is 2. The summed E-state index contributed by atoms with van der Waals surface area (Å²) in [6, 6.07) is 3.89. The molecule has 0 spiro atoms. The number of methoxy groups -OCH3 is 2. The summed E-state index contributed by atoms with van der Waals surface area (Å²) in [6.07, 6.45) is 4.13. The van der Waals surface area contributed by atoms with Crippen LogP contribution in [0.3, 0.4) is 0 Å². The van der Waals surface area contributed by atoms with Gasteiger partial charge in [0.15, 0.2) is 0 Å². The van der Waals surface area contributed by atoms with Crippen molar-refractivity contribution in [3.8, 4) is 22.9 Å². The van der Waals surface area contributed by atoms with E-state index in [2.05, 4.69) is 14.9 Å². The number of aliphatic hydroxyl groups excluding tert-OH is 1. The van der Waals surface area contributed by atoms with Gasteiger partial charge in [-0.1, -0.05) is 0 Å². The van der Waals surface area contributed by atoms with Gasteiger partial charge >= 0.3 is 0 Å². The topological polar surface area (TPSA) is 68.5 Å². The third kappa shape index (κ3) is 4.03. The molecule has 2 atom stereocenters. The molecule has 0 bridgehead atoms. The van der Waals surface area contributed by atoms with E-state index in [9.17, 15) is 5.11 Å². The predicted molar refractivity (Wildman–Crippen MR) is 103 cm³/mol. The van der Waals surface area contributed by atoms with E-state index in [1.54, 1.807) is 20.4 Å². The number of aromatic nitrogens is 2. The van der Waals surface area contributed by atoms with Crippen LogP contribution in [0.2, 0.25) is 0 Å². The van der Waals surface area contributed by atoms with Crippen LogP contribution in [-0.2, 0) is 0 Å². The van der Waals surface area contributed by atoms with Crippen LogP contribution in [0.1, 0.15) is 18.0 Å². The van der Waals surface area contributed by atoms with Crippen LogP contribution in [0.5, 0.6) is 11.5 Å². The van der Waals surface area contributed by atoms with Gasteiger partial charge < -0.3 is 24.5 Å². The molecular weight excluding hydrogens is 365 g/mol. The average Bonchev–Trinajstić information content (AvgIpc) is 3.04. The summed E-state index contributed by atoms with van der Waals surface area (Å²) in [5, 5.41) is 13.5. The number of ether oxygens (including phenoxy) is 2. The smallest absolute Gasteiger partial charge is 0.144 e. The molecule has 1 aromatic carbocycles. The Labute approximate surface area is 160 Å². The number of rotatable bonds is 4. The highest BCUT2D eigenvalue weighted by molar-refractivity contribution is 5.85. The van der Waals surface area contributed by atoms with Crippen molar-refractivity contribution in [1.29, 1.82) is 0 Å². The number of β-amino-alcohol motifs (C(OH)–C–C–N with tert-alkyl or cyclic N) is 1. The second kappa shape index (κ2) is 9.29. The number of nitrogens with one attached hydrogen (secondary N) is 1. The van der Waals surface area contributed by atoms with Crippen molar-refractivity contribution in [3.05, 3.63) is 30.1 Å². The lowest BCUT2D eigenvalue weighted by Crippen LogP contribution is -2.41. The van der Waals surface area contributed by atoms with E-state index in [1.165, 1.54) is 0 Å². The van der Waals surface area contributed by atoms with E-state index in [-0.39, 0.29) is 30.9 Å². The molecule has 0 saturated carbocycles. The van der Waals surface area contributed by atoms with Crippen molar-refractivity contribution in [2.24, 2.45) is 0 Å². The van der Waals surface area contributed by atoms with Crippen LogP contribution in [0, 0.1) is 6.92 Å². The zero-order chi connectivity index (χ0) is 16.4. The van der Waals surface area contributed by atoms with Crippen molar-refractivity contribution in [2.75, 3.05) is 27.3 Å². The van der Waals surface area contributed by atoms with Gasteiger partial charge in [-0.05, 0) is 32.0 Å². The quantitative estimate of drug-likeness (QED) is 0.840. The Morgan fingerprint density at radius 3 is 2.64 bits per heavy atom. The summed E-state index contributed by atoms with van der Waals surface area (Å²) in [6.45, 7) is 3.45. The second-order valence-electron chi connectivity index (χ2n) is 5.76. The number of nitrogens with zero attached hydrogens (tertiary/aromatic N) is 2. The fourth-order valence-electron chi connectivity index (χ4n) is 3.28. The molecule has 0 unspecified atom stereocenters. The Hall–Kier alpha value is -1.47. The highest BCUT2D eigenvalue weighted by Gasteiger charge is 2.27. The maximum atomic E-state index is 10.3. The minimum Gasteiger partial charge on any atom is -0.496 e. The molecular formula is C17H25Cl2N3O3. The Bertz CT molecular complexity index is 694. The van der Waals surface area contributed by atoms with Gasteiger partial charge in [0.05, 0.1) is 31.9 Å². The molecule has 0 aliphatic carbocycles. The van der Waals surface area contributed by atoms with E-state index in [0.29, 0.717) is 6.54 Å². The highest BCUT2D eigenvalue weighted by atomic mass is 35.5. The van der Waals surface area contributed by atoms with E-state index >= 15 is 0 Å². The number of benzene rings is 1. The lowest BCUT2D eigenvalue weighted by Gasteiger charge is -2.30. The third-order valence-electron chi connectivity index (χ3n) is 4.46. The molecule has 8 heteroatoms. The van der Waals surface area contributed by atoms with Gasteiger partial charge in [-0.25, -0.2) is 4.98 Å². The molecule has 6 nitrogen and oxygen atoms in total. The summed E-state index contributed by atoms with van der Waals surface area (Å²) in [7, 11) is 3.30. The predicted octanol–water partition coefficient (Wildman–Crippen LogP) is 2.61. The fraction of sp³-hybridized carbons (Fsp3) is 0.471. The zero-order valence-corrected chi connectivity index (χ0v) is 16.2. The molecule has 0 amide bonds. The molecule has 1 aromatic heterocycles. The lowest BCUT2D eigenvalue weighted by molar-refractivity contribution is 0.0880. The first-order chi connectivity index (χ1) is 11.2. The summed E-state index contributed by atoms with van der Waals surface area (Å²) >= 11 is 0. The molecule has 3 rings (SSSR count). The highest BCUT2D eigenvalue weighted by Crippen LogP contribution is 2.38. The summed E-state index contributed by atoms with van der Waals surface area (Å²) in [4.78, 5) is 4.51. The summed E-state index contributed by atoms with van der Waals surface area (Å²) < 4.78 is 13.0. The van der Waals surface area contributed by atoms with Crippen LogP contribution in [0.15, 0.2) is 24.5 Å². The monoisotopic (exact) mass is 389 g/mol. The molecule has 1 aliphatic heterocycles. The van der Waals surface area contributed by atoms with Gasteiger partial charge in [-0.2, -0.15) is 0 Å². The van der Waals surface area contributed by atoms with Crippen LogP contribution in [0.25, 0.3) is 11.4 Å². The molecule has 1 saturated heterocycles. The first-order valence-electron chi connectivity index (χ1n) is 7.81. The fourth-order valence-corrected chi connectivity index (χ4v) is 3.28. The molecule has 2 heterocycles. The Kier molecular flexibility index (Phi) is 8.02. The van der Waals surface area contributed by atoms with E-state index in [1.807, 2.05) is 25.3 Å². The standard InChI is InChI=1S/C17H23N3O3.2ClH/c1-11-15(22-2)5-4-12(16(11)23-3)17-19-8-9-20(17)13-6-7-18-10-14(13)21;;/h4-5,8-9,13-14,18,21H,6-7,10H2,1-3H3;2*1H/t13-,14-;;/m0../s1. The number of imidazole rings is 1. The van der Waals surface area contributed by atoms with Crippen molar-refractivity contribution >= 4 is 24.8 Å². The van der Waals surface area contributed by atoms with Gasteiger partial charge in [0, 0.05) is 24.5 Å². The maximum absolute atomic E-state index is 10.3. The minimum absolute atomic E-state index is 0. The summed E-state index contributed by atoms with van der Waals surface area (Å²) in [5.74, 6) is 2.34. The van der Waals surface area contributed by atoms with Gasteiger partial charge in [0.25, 0.3) is 0 Å². The van der Waals surface area contributed by atoms with E-state index in [4.69, 9.17) is 9.47 Å². The van der Waals surface area contributed by atoms with Crippen LogP contribution >= 0.6 is 24.8 Å². The number of hydrogen-bond donors (Lipinski definition) is 2. The van der Waals surface area contributed by atoms with Crippen molar-refractivity contribution in [2.45, 2.75) is 25.5 Å². The largest absolute Gasteiger partial charge is 0.496 e. The minimum atomic E-state index is -0.429. The number of aliphatic hydroxyl groups is 1. The molecule has 2 aromatic rings. The maximum Gasteiger partial charge on any atom is 0.144 e. The molecule has 25 heavy (non-hydrogen) atoms. The average molecular weight is 390 g/mol. The molecule has 1 aliphatic rings. The molecule has 1 fully saturated rings. The summed E-state index contributed by atoms with van der Waals surface area (Å²) in [5.41, 5.74) is 1.84. The Morgan fingerprint density at radius 1 is 1.24 bits per heavy atom. The second-order valence-corrected chi connectivity index (χ2v) is 5.76. The van der Waals surface area contributed by atoms with Crippen LogP contribution < -0.4 is 14.8 Å². The molecule has 140 valence electrons. The van der Waals surface area contributed by atoms with Crippen molar-refractivity contribution < 1.29 is 14.6 Å². The Balaban J connectivity index is 0.00000156. The first kappa shape index (κ1) is 21.6. The SMILES string of the molecule is COc1ccc(-c2nccn2[C@H]2CCNC[C@@H]2O)c(OC)c1C.Cl.Cl. The number of hydrogen-bond acceptors (Lipinski definition) is 5. The van der Waals surface area contributed by atoms with Gasteiger partial charge in [-0.3, -0.25) is 0 Å². The molecule has 0 radical (unpaired) electrons. The zero-order valence-electron chi connectivity index (χ0n) is 14.6. The van der Waals surface area contributed by atoms with Crippen molar-refractivity contribution in [1.82, 2.24) is 14.9 Å². The van der Waals surface area contributed by atoms with Crippen LogP contribution in [0.4, 0.5) is 0 Å². The number of piperidine rings is 1. The van der Waals surface area contributed by atoms with E-state index < -0.39 is 6.10 Å². The molecule has 2 N–H and O–H groups in total. The van der Waals surface area contributed by atoms with Gasteiger partial charge in [0.2, 0.25) is 0 Å². The van der Waals surface area contributed by atoms with Crippen LogP contribution in [-0.4, -0.2) is 48.1 Å². The Morgan fingerprint density at radius 2 is 2.00 bits per heavy atom. The van der Waals surface area contributed by atoms with Gasteiger partial charge in [0.1, 0.15) is 17.3 Å². The van der Waals surface area contributed by atoms with E-state index in [0.717, 1.165) is 41.4 Å². The normalized spacial score (nSPS) is 19.5.